The lowest BCUT2D eigenvalue weighted by Gasteiger charge is -2.33. The van der Waals surface area contributed by atoms with Crippen molar-refractivity contribution in [2.24, 2.45) is 12.5 Å². The molecule has 0 radical (unpaired) electrons. The highest BCUT2D eigenvalue weighted by Gasteiger charge is 2.45. The molecular weight excluding hydrogens is 377 g/mol. The molecule has 4 rings (SSSR count). The molecule has 1 aliphatic heterocycles. The molecule has 2 fully saturated rings. The van der Waals surface area contributed by atoms with Gasteiger partial charge in [-0.05, 0) is 38.0 Å². The van der Waals surface area contributed by atoms with Crippen LogP contribution in [0.4, 0.5) is 19.2 Å². The van der Waals surface area contributed by atoms with Crippen molar-refractivity contribution in [3.8, 4) is 11.6 Å². The lowest BCUT2D eigenvalue weighted by atomic mass is 9.93. The average molecular weight is 398 g/mol. The normalized spacial score (nSPS) is 19.7. The van der Waals surface area contributed by atoms with Crippen LogP contribution in [0.1, 0.15) is 38.3 Å². The van der Waals surface area contributed by atoms with Crippen molar-refractivity contribution in [2.45, 2.75) is 44.8 Å². The second-order valence-electron chi connectivity index (χ2n) is 7.64. The summed E-state index contributed by atoms with van der Waals surface area (Å²) in [4.78, 5) is 14.4. The number of hydrogen-bond donors (Lipinski definition) is 1. The van der Waals surface area contributed by atoms with Gasteiger partial charge in [0.2, 0.25) is 5.91 Å². The summed E-state index contributed by atoms with van der Waals surface area (Å²) >= 11 is 0. The number of rotatable bonds is 4. The van der Waals surface area contributed by atoms with Gasteiger partial charge in [-0.1, -0.05) is 5.10 Å². The zero-order chi connectivity index (χ0) is 20.1. The third-order valence-electron chi connectivity index (χ3n) is 5.62. The van der Waals surface area contributed by atoms with Gasteiger partial charge in [0.05, 0.1) is 0 Å². The smallest absolute Gasteiger partial charge is 0.402 e. The zero-order valence-corrected chi connectivity index (χ0v) is 15.6. The number of alkyl halides is 3. The van der Waals surface area contributed by atoms with Gasteiger partial charge in [0, 0.05) is 26.2 Å². The molecule has 2 aromatic heterocycles. The quantitative estimate of drug-likeness (QED) is 0.852. The van der Waals surface area contributed by atoms with Crippen LogP contribution in [-0.2, 0) is 18.0 Å². The van der Waals surface area contributed by atoms with Crippen molar-refractivity contribution >= 4 is 11.9 Å². The Balaban J connectivity index is 1.40. The molecule has 1 N–H and O–H groups in total. The van der Waals surface area contributed by atoms with Gasteiger partial charge < -0.3 is 14.6 Å². The first kappa shape index (κ1) is 18.8. The molecule has 2 aromatic rings. The van der Waals surface area contributed by atoms with Crippen molar-refractivity contribution in [3.63, 3.8) is 0 Å². The molecule has 1 amide bonds. The molecular formula is C17H21F3N6O2. The minimum absolute atomic E-state index is 0.0266. The van der Waals surface area contributed by atoms with Crippen LogP contribution in [0.2, 0.25) is 0 Å². The summed E-state index contributed by atoms with van der Waals surface area (Å²) in [7, 11) is 1.36. The van der Waals surface area contributed by atoms with Crippen LogP contribution < -0.4 is 5.32 Å². The number of aromatic nitrogens is 4. The van der Waals surface area contributed by atoms with Crippen molar-refractivity contribution < 1.29 is 22.4 Å². The molecule has 0 aromatic carbocycles. The average Bonchev–Trinajstić information content (AvgIpc) is 3.03. The maximum Gasteiger partial charge on any atom is 0.435 e. The highest BCUT2D eigenvalue weighted by molar-refractivity contribution is 5.83. The fraction of sp³-hybridized carbons (Fsp3) is 0.647. The molecule has 1 spiro atoms. The van der Waals surface area contributed by atoms with Gasteiger partial charge in [0.1, 0.15) is 11.7 Å². The number of likely N-dealkylation sites (tertiary alicyclic amines) is 1. The Morgan fingerprint density at radius 3 is 2.50 bits per heavy atom. The molecule has 152 valence electrons. The Morgan fingerprint density at radius 1 is 1.25 bits per heavy atom. The highest BCUT2D eigenvalue weighted by Crippen LogP contribution is 2.53. The van der Waals surface area contributed by atoms with Crippen LogP contribution in [0.25, 0.3) is 11.6 Å². The van der Waals surface area contributed by atoms with E-state index in [9.17, 15) is 18.0 Å². The first-order valence-corrected chi connectivity index (χ1v) is 9.17. The number of nitrogens with zero attached hydrogens (tertiary/aromatic N) is 5. The van der Waals surface area contributed by atoms with Crippen molar-refractivity contribution in [2.75, 3.05) is 18.4 Å². The van der Waals surface area contributed by atoms with E-state index >= 15 is 0 Å². The number of carbonyl (C=O) groups excluding carboxylic acids is 1. The Morgan fingerprint density at radius 2 is 1.93 bits per heavy atom. The molecule has 1 saturated carbocycles. The van der Waals surface area contributed by atoms with Crippen molar-refractivity contribution in [1.29, 1.82) is 0 Å². The van der Waals surface area contributed by atoms with Gasteiger partial charge in [-0.25, -0.2) is 0 Å². The number of halogens is 3. The summed E-state index contributed by atoms with van der Waals surface area (Å²) in [6.07, 6.45) is 0.0389. The van der Waals surface area contributed by atoms with Crippen LogP contribution in [0.3, 0.4) is 0 Å². The maximum atomic E-state index is 12.8. The summed E-state index contributed by atoms with van der Waals surface area (Å²) in [6.45, 7) is 3.18. The Hall–Kier alpha value is -2.59. The molecule has 8 nitrogen and oxygen atoms in total. The number of nitrogens with one attached hydrogen (secondary N) is 1. The maximum absolute atomic E-state index is 12.8. The Labute approximate surface area is 159 Å². The van der Waals surface area contributed by atoms with Crippen LogP contribution >= 0.6 is 0 Å². The second-order valence-corrected chi connectivity index (χ2v) is 7.64. The first-order chi connectivity index (χ1) is 13.2. The van der Waals surface area contributed by atoms with Gasteiger partial charge in [0.15, 0.2) is 5.69 Å². The van der Waals surface area contributed by atoms with Crippen LogP contribution in [0, 0.1) is 5.41 Å². The monoisotopic (exact) mass is 398 g/mol. The predicted molar refractivity (Wildman–Crippen MR) is 92.1 cm³/mol. The van der Waals surface area contributed by atoms with Gasteiger partial charge in [0.25, 0.3) is 5.89 Å². The molecule has 28 heavy (non-hydrogen) atoms. The molecule has 11 heteroatoms. The van der Waals surface area contributed by atoms with Gasteiger partial charge in [-0.15, -0.1) is 5.10 Å². The third kappa shape index (κ3) is 3.57. The molecule has 2 aliphatic rings. The topological polar surface area (TPSA) is 89.1 Å². The molecule has 1 atom stereocenters. The predicted octanol–water partition coefficient (Wildman–Crippen LogP) is 2.69. The van der Waals surface area contributed by atoms with Crippen LogP contribution in [0.15, 0.2) is 10.5 Å². The van der Waals surface area contributed by atoms with E-state index in [0.29, 0.717) is 5.41 Å². The number of aryl methyl sites for hydroxylation is 1. The number of anilines is 1. The minimum atomic E-state index is -4.56. The fourth-order valence-corrected chi connectivity index (χ4v) is 3.59. The minimum Gasteiger partial charge on any atom is -0.402 e. The number of hydrogen-bond acceptors (Lipinski definition) is 6. The van der Waals surface area contributed by atoms with E-state index in [2.05, 4.69) is 20.6 Å². The van der Waals surface area contributed by atoms with Crippen LogP contribution in [0.5, 0.6) is 0 Å². The van der Waals surface area contributed by atoms with Crippen molar-refractivity contribution in [3.05, 3.63) is 11.8 Å². The van der Waals surface area contributed by atoms with Crippen molar-refractivity contribution in [1.82, 2.24) is 24.9 Å². The van der Waals surface area contributed by atoms with Gasteiger partial charge in [-0.2, -0.15) is 18.3 Å². The summed E-state index contributed by atoms with van der Waals surface area (Å²) in [5, 5.41) is 13.8. The van der Waals surface area contributed by atoms with E-state index in [1.165, 1.54) is 19.9 Å². The lowest BCUT2D eigenvalue weighted by molar-refractivity contribution is -0.141. The highest BCUT2D eigenvalue weighted by atomic mass is 19.4. The summed E-state index contributed by atoms with van der Waals surface area (Å²) in [6, 6.07) is 0.230. The molecule has 0 unspecified atom stereocenters. The largest absolute Gasteiger partial charge is 0.435 e. The van der Waals surface area contributed by atoms with E-state index in [-0.39, 0.29) is 23.5 Å². The SMILES string of the molecule is C[C@H](Nc1nnc(-c2cc(C(F)(F)F)nn2C)o1)C(=O)N1CCC2(CC1)CC2. The van der Waals surface area contributed by atoms with Gasteiger partial charge >= 0.3 is 12.2 Å². The second kappa shape index (κ2) is 6.49. The fourth-order valence-electron chi connectivity index (χ4n) is 3.59. The number of piperidine rings is 1. The molecule has 3 heterocycles. The molecule has 1 saturated heterocycles. The summed E-state index contributed by atoms with van der Waals surface area (Å²) in [5.74, 6) is -0.170. The first-order valence-electron chi connectivity index (χ1n) is 9.17. The van der Waals surface area contributed by atoms with E-state index in [0.717, 1.165) is 36.7 Å². The molecule has 1 aliphatic carbocycles. The Bertz CT molecular complexity index is 876. The summed E-state index contributed by atoms with van der Waals surface area (Å²) in [5.41, 5.74) is -0.523. The van der Waals surface area contributed by atoms with Crippen LogP contribution in [-0.4, -0.2) is 49.9 Å². The Kier molecular flexibility index (Phi) is 4.35. The van der Waals surface area contributed by atoms with E-state index < -0.39 is 17.9 Å². The third-order valence-corrected chi connectivity index (χ3v) is 5.62. The van der Waals surface area contributed by atoms with Gasteiger partial charge in [-0.3, -0.25) is 9.48 Å². The standard InChI is InChI=1S/C17H21F3N6O2/c1-10(14(27)26-7-5-16(3-4-16)6-8-26)21-15-23-22-13(28-15)11-9-12(17(18,19)20)24-25(11)2/h9-10H,3-8H2,1-2H3,(H,21,23)/t10-/m0/s1. The zero-order valence-electron chi connectivity index (χ0n) is 15.6. The number of carbonyl (C=O) groups is 1. The van der Waals surface area contributed by atoms with E-state index in [1.807, 2.05) is 4.90 Å². The van der Waals surface area contributed by atoms with E-state index in [4.69, 9.17) is 4.42 Å². The number of amides is 1. The molecule has 0 bridgehead atoms. The van der Waals surface area contributed by atoms with E-state index in [1.54, 1.807) is 6.92 Å². The summed E-state index contributed by atoms with van der Waals surface area (Å²) < 4.78 is 44.8. The lowest BCUT2D eigenvalue weighted by Crippen LogP contribution is -2.45.